The number of benzene rings is 2. The van der Waals surface area contributed by atoms with Crippen LogP contribution in [-0.4, -0.2) is 18.8 Å². The molecule has 0 radical (unpaired) electrons. The number of hydrogen-bond donors (Lipinski definition) is 1. The van der Waals surface area contributed by atoms with E-state index in [1.807, 2.05) is 0 Å². The Hall–Kier alpha value is -1.64. The average Bonchev–Trinajstić information content (AvgIpc) is 2.68. The quantitative estimate of drug-likeness (QED) is 0.716. The molecule has 3 atom stereocenters. The summed E-state index contributed by atoms with van der Waals surface area (Å²) >= 11 is 0. The van der Waals surface area contributed by atoms with Crippen molar-refractivity contribution in [3.63, 3.8) is 0 Å². The molecule has 1 aliphatic rings. The van der Waals surface area contributed by atoms with Crippen molar-refractivity contribution in [1.29, 1.82) is 0 Å². The van der Waals surface area contributed by atoms with Crippen molar-refractivity contribution in [3.8, 4) is 0 Å². The first-order chi connectivity index (χ1) is 13.0. The molecule has 2 N–H and O–H groups in total. The molecule has 0 bridgehead atoms. The predicted molar refractivity (Wildman–Crippen MR) is 113 cm³/mol. The minimum Gasteiger partial charge on any atom is -0.376 e. The molecule has 2 aromatic rings. The van der Waals surface area contributed by atoms with Crippen LogP contribution in [0.25, 0.3) is 0 Å². The first kappa shape index (κ1) is 20.1. The molecule has 0 unspecified atom stereocenters. The van der Waals surface area contributed by atoms with Gasteiger partial charge in [0.2, 0.25) is 0 Å². The summed E-state index contributed by atoms with van der Waals surface area (Å²) in [5.74, 6) is 1.49. The molecule has 2 heteroatoms. The second-order valence-electron chi connectivity index (χ2n) is 8.82. The maximum atomic E-state index is 5.99. The maximum absolute atomic E-state index is 5.99. The van der Waals surface area contributed by atoms with E-state index < -0.39 is 0 Å². The smallest absolute Gasteiger partial charge is 0.109 e. The van der Waals surface area contributed by atoms with E-state index in [0.717, 1.165) is 18.4 Å². The van der Waals surface area contributed by atoms with Gasteiger partial charge in [0.25, 0.3) is 0 Å². The van der Waals surface area contributed by atoms with E-state index >= 15 is 0 Å². The topological polar surface area (TPSA) is 25.8 Å². The van der Waals surface area contributed by atoms with E-state index in [9.17, 15) is 0 Å². The van der Waals surface area contributed by atoms with E-state index in [0.29, 0.717) is 6.04 Å². The summed E-state index contributed by atoms with van der Waals surface area (Å²) < 4.78 is 5.99. The van der Waals surface area contributed by atoms with Crippen molar-refractivity contribution >= 4 is 0 Å². The van der Waals surface area contributed by atoms with Crippen molar-refractivity contribution in [2.45, 2.75) is 58.1 Å². The molecule has 0 amide bonds. The van der Waals surface area contributed by atoms with Crippen LogP contribution in [0.3, 0.4) is 0 Å². The number of hydrogen-bond acceptors (Lipinski definition) is 1. The lowest BCUT2D eigenvalue weighted by molar-refractivity contribution is -0.693. The number of nitrogens with two attached hydrogens (primary N) is 1. The van der Waals surface area contributed by atoms with E-state index in [1.54, 1.807) is 0 Å². The van der Waals surface area contributed by atoms with Gasteiger partial charge in [-0.25, -0.2) is 0 Å². The standard InChI is InChI=1S/C25H35NO/c1-20(22-12-8-5-9-13-22)26-16-14-23(18-21-10-6-4-7-11-21)24-15-17-27-25(2,3)19-24/h4-13,20,23-24,26H,14-19H2,1-3H3/p+1/t20-,23-,24+/m0/s1. The van der Waals surface area contributed by atoms with Gasteiger partial charge in [-0.1, -0.05) is 60.7 Å². The number of rotatable bonds is 8. The summed E-state index contributed by atoms with van der Waals surface area (Å²) in [5.41, 5.74) is 2.92. The summed E-state index contributed by atoms with van der Waals surface area (Å²) in [6, 6.07) is 22.4. The Morgan fingerprint density at radius 1 is 1.04 bits per heavy atom. The van der Waals surface area contributed by atoms with Gasteiger partial charge < -0.3 is 10.1 Å². The summed E-state index contributed by atoms with van der Waals surface area (Å²) in [5, 5.41) is 2.51. The van der Waals surface area contributed by atoms with Crippen molar-refractivity contribution in [3.05, 3.63) is 71.8 Å². The Bertz CT molecular complexity index is 667. The van der Waals surface area contributed by atoms with Crippen LogP contribution in [0.4, 0.5) is 0 Å². The third-order valence-electron chi connectivity index (χ3n) is 6.13. The fraction of sp³-hybridized carbons (Fsp3) is 0.520. The van der Waals surface area contributed by atoms with Crippen LogP contribution in [0.2, 0.25) is 0 Å². The highest BCUT2D eigenvalue weighted by Crippen LogP contribution is 2.36. The summed E-state index contributed by atoms with van der Waals surface area (Å²) in [4.78, 5) is 0. The molecule has 27 heavy (non-hydrogen) atoms. The average molecular weight is 367 g/mol. The maximum Gasteiger partial charge on any atom is 0.109 e. The Kier molecular flexibility index (Phi) is 7.09. The third-order valence-corrected chi connectivity index (χ3v) is 6.13. The SMILES string of the molecule is C[C@H]([NH2+]CC[C@@H](Cc1ccccc1)[C@@H]1CCOC(C)(C)C1)c1ccccc1. The van der Waals surface area contributed by atoms with Crippen LogP contribution >= 0.6 is 0 Å². The normalized spacial score (nSPS) is 21.5. The highest BCUT2D eigenvalue weighted by Gasteiger charge is 2.33. The van der Waals surface area contributed by atoms with Gasteiger partial charge in [-0.3, -0.25) is 0 Å². The zero-order valence-electron chi connectivity index (χ0n) is 17.2. The molecule has 1 aliphatic heterocycles. The van der Waals surface area contributed by atoms with Crippen LogP contribution in [0.15, 0.2) is 60.7 Å². The van der Waals surface area contributed by atoms with Gasteiger partial charge in [-0.05, 0) is 63.9 Å². The fourth-order valence-electron chi connectivity index (χ4n) is 4.56. The Morgan fingerprint density at radius 3 is 2.37 bits per heavy atom. The second kappa shape index (κ2) is 9.52. The van der Waals surface area contributed by atoms with E-state index in [-0.39, 0.29) is 5.60 Å². The van der Waals surface area contributed by atoms with Gasteiger partial charge in [0.1, 0.15) is 6.04 Å². The van der Waals surface area contributed by atoms with E-state index in [4.69, 9.17) is 4.74 Å². The molecule has 3 rings (SSSR count). The monoisotopic (exact) mass is 366 g/mol. The van der Waals surface area contributed by atoms with Crippen molar-refractivity contribution in [1.82, 2.24) is 0 Å². The van der Waals surface area contributed by atoms with Gasteiger partial charge >= 0.3 is 0 Å². The molecular weight excluding hydrogens is 330 g/mol. The van der Waals surface area contributed by atoms with Crippen molar-refractivity contribution < 1.29 is 10.1 Å². The van der Waals surface area contributed by atoms with Gasteiger partial charge in [-0.15, -0.1) is 0 Å². The number of quaternary nitrogens is 1. The predicted octanol–water partition coefficient (Wildman–Crippen LogP) is 4.77. The minimum atomic E-state index is 0.0267. The second-order valence-corrected chi connectivity index (χ2v) is 8.82. The first-order valence-electron chi connectivity index (χ1n) is 10.6. The fourth-order valence-corrected chi connectivity index (χ4v) is 4.56. The highest BCUT2D eigenvalue weighted by molar-refractivity contribution is 5.16. The summed E-state index contributed by atoms with van der Waals surface area (Å²) in [7, 11) is 0. The van der Waals surface area contributed by atoms with Crippen LogP contribution in [-0.2, 0) is 11.2 Å². The molecular formula is C25H36NO+. The minimum absolute atomic E-state index is 0.0267. The molecule has 0 spiro atoms. The zero-order valence-corrected chi connectivity index (χ0v) is 17.2. The highest BCUT2D eigenvalue weighted by atomic mass is 16.5. The third kappa shape index (κ3) is 6.19. The van der Waals surface area contributed by atoms with E-state index in [1.165, 1.54) is 43.4 Å². The van der Waals surface area contributed by atoms with Gasteiger partial charge in [0.05, 0.1) is 12.1 Å². The van der Waals surface area contributed by atoms with Gasteiger partial charge in [-0.2, -0.15) is 0 Å². The first-order valence-corrected chi connectivity index (χ1v) is 10.6. The lowest BCUT2D eigenvalue weighted by atomic mass is 9.75. The largest absolute Gasteiger partial charge is 0.376 e. The molecule has 2 aromatic carbocycles. The Balaban J connectivity index is 1.61. The lowest BCUT2D eigenvalue weighted by Crippen LogP contribution is -2.84. The molecule has 1 saturated heterocycles. The molecule has 0 saturated carbocycles. The Labute approximate surface area is 165 Å². The van der Waals surface area contributed by atoms with Crippen molar-refractivity contribution in [2.24, 2.45) is 11.8 Å². The molecule has 146 valence electrons. The molecule has 0 aromatic heterocycles. The van der Waals surface area contributed by atoms with Crippen LogP contribution in [0, 0.1) is 11.8 Å². The molecule has 1 fully saturated rings. The lowest BCUT2D eigenvalue weighted by Gasteiger charge is -2.39. The molecule has 1 heterocycles. The van der Waals surface area contributed by atoms with Gasteiger partial charge in [0, 0.05) is 12.2 Å². The zero-order chi connectivity index (χ0) is 19.1. The van der Waals surface area contributed by atoms with Crippen LogP contribution < -0.4 is 5.32 Å². The summed E-state index contributed by atoms with van der Waals surface area (Å²) in [6.07, 6.45) is 4.84. The number of ether oxygens (including phenoxy) is 1. The van der Waals surface area contributed by atoms with Crippen molar-refractivity contribution in [2.75, 3.05) is 13.2 Å². The van der Waals surface area contributed by atoms with Gasteiger partial charge in [0.15, 0.2) is 0 Å². The van der Waals surface area contributed by atoms with E-state index in [2.05, 4.69) is 86.8 Å². The van der Waals surface area contributed by atoms with Crippen LogP contribution in [0.5, 0.6) is 0 Å². The molecule has 0 aliphatic carbocycles. The summed E-state index contributed by atoms with van der Waals surface area (Å²) in [6.45, 7) is 8.92. The Morgan fingerprint density at radius 2 is 1.70 bits per heavy atom. The van der Waals surface area contributed by atoms with Crippen LogP contribution in [0.1, 0.15) is 57.2 Å². The molecule has 2 nitrogen and oxygen atoms in total.